The topological polar surface area (TPSA) is 150 Å². The summed E-state index contributed by atoms with van der Waals surface area (Å²) in [5.74, 6) is -2.42. The second-order valence-electron chi connectivity index (χ2n) is 5.84. The average Bonchev–Trinajstić information content (AvgIpc) is 3.09. The SMILES string of the molecule is CCC(C)C(N)C(=O)NC(Cc1cnc[nH]1)C(=O)NC(CS)C(=O)O. The number of hydrogen-bond donors (Lipinski definition) is 6. The summed E-state index contributed by atoms with van der Waals surface area (Å²) < 4.78 is 0. The number of aliphatic carboxylic acids is 1. The summed E-state index contributed by atoms with van der Waals surface area (Å²) in [7, 11) is 0. The quantitative estimate of drug-likeness (QED) is 0.300. The van der Waals surface area contributed by atoms with E-state index in [2.05, 4.69) is 33.2 Å². The van der Waals surface area contributed by atoms with Gasteiger partial charge in [-0.2, -0.15) is 12.6 Å². The Bertz CT molecular complexity index is 580. The van der Waals surface area contributed by atoms with Gasteiger partial charge in [0.2, 0.25) is 11.8 Å². The van der Waals surface area contributed by atoms with Crippen molar-refractivity contribution in [3.63, 3.8) is 0 Å². The van der Waals surface area contributed by atoms with Crippen LogP contribution in [0.15, 0.2) is 12.5 Å². The van der Waals surface area contributed by atoms with E-state index < -0.39 is 35.9 Å². The summed E-state index contributed by atoms with van der Waals surface area (Å²) in [6.07, 6.45) is 3.82. The molecule has 0 fully saturated rings. The number of nitrogens with one attached hydrogen (secondary N) is 3. The molecule has 0 aliphatic heterocycles. The highest BCUT2D eigenvalue weighted by Crippen LogP contribution is 2.07. The molecule has 0 bridgehead atoms. The van der Waals surface area contributed by atoms with Gasteiger partial charge < -0.3 is 26.5 Å². The van der Waals surface area contributed by atoms with Crippen molar-refractivity contribution in [3.8, 4) is 0 Å². The van der Waals surface area contributed by atoms with Gasteiger partial charge in [-0.1, -0.05) is 20.3 Å². The van der Waals surface area contributed by atoms with E-state index in [1.54, 1.807) is 0 Å². The second kappa shape index (κ2) is 10.0. The van der Waals surface area contributed by atoms with Gasteiger partial charge in [0.1, 0.15) is 12.1 Å². The molecule has 4 atom stereocenters. The number of nitrogens with zero attached hydrogens (tertiary/aromatic N) is 1. The molecule has 0 radical (unpaired) electrons. The number of hydrogen-bond acceptors (Lipinski definition) is 6. The van der Waals surface area contributed by atoms with Crippen molar-refractivity contribution in [1.82, 2.24) is 20.6 Å². The van der Waals surface area contributed by atoms with Crippen LogP contribution in [0.2, 0.25) is 0 Å². The summed E-state index contributed by atoms with van der Waals surface area (Å²) >= 11 is 3.91. The molecule has 2 amide bonds. The Balaban J connectivity index is 2.86. The van der Waals surface area contributed by atoms with Crippen LogP contribution in [-0.2, 0) is 20.8 Å². The molecule has 1 aromatic rings. The number of imidazole rings is 1. The summed E-state index contributed by atoms with van der Waals surface area (Å²) in [6, 6.07) is -2.90. The highest BCUT2D eigenvalue weighted by molar-refractivity contribution is 7.80. The van der Waals surface area contributed by atoms with Crippen LogP contribution in [0.4, 0.5) is 0 Å². The molecule has 0 saturated carbocycles. The predicted molar refractivity (Wildman–Crippen MR) is 95.1 cm³/mol. The second-order valence-corrected chi connectivity index (χ2v) is 6.20. The molecular formula is C15H25N5O4S. The number of thiol groups is 1. The summed E-state index contributed by atoms with van der Waals surface area (Å²) in [4.78, 5) is 42.5. The van der Waals surface area contributed by atoms with E-state index in [9.17, 15) is 14.4 Å². The van der Waals surface area contributed by atoms with Crippen molar-refractivity contribution in [2.45, 2.75) is 44.8 Å². The van der Waals surface area contributed by atoms with Crippen LogP contribution in [0.25, 0.3) is 0 Å². The van der Waals surface area contributed by atoms with Crippen LogP contribution in [0.5, 0.6) is 0 Å². The molecule has 0 spiro atoms. The Morgan fingerprint density at radius 2 is 1.96 bits per heavy atom. The third-order valence-electron chi connectivity index (χ3n) is 3.97. The molecule has 10 heteroatoms. The Hall–Kier alpha value is -2.07. The minimum Gasteiger partial charge on any atom is -0.480 e. The van der Waals surface area contributed by atoms with Crippen LogP contribution in [0.3, 0.4) is 0 Å². The van der Waals surface area contributed by atoms with Crippen molar-refractivity contribution in [2.24, 2.45) is 11.7 Å². The van der Waals surface area contributed by atoms with Gasteiger partial charge in [0.05, 0.1) is 12.4 Å². The number of carbonyl (C=O) groups is 3. The van der Waals surface area contributed by atoms with E-state index in [4.69, 9.17) is 10.8 Å². The first-order valence-electron chi connectivity index (χ1n) is 7.97. The fourth-order valence-electron chi connectivity index (χ4n) is 2.06. The molecule has 4 unspecified atom stereocenters. The molecule has 0 aliphatic rings. The molecule has 0 aromatic carbocycles. The molecule has 0 aliphatic carbocycles. The number of carboxylic acids is 1. The maximum atomic E-state index is 12.4. The van der Waals surface area contributed by atoms with Crippen LogP contribution in [0.1, 0.15) is 26.0 Å². The van der Waals surface area contributed by atoms with Gasteiger partial charge in [-0.05, 0) is 5.92 Å². The fourth-order valence-corrected chi connectivity index (χ4v) is 2.31. The van der Waals surface area contributed by atoms with E-state index in [-0.39, 0.29) is 18.1 Å². The zero-order valence-corrected chi connectivity index (χ0v) is 15.1. The monoisotopic (exact) mass is 371 g/mol. The molecule has 1 heterocycles. The number of nitrogens with two attached hydrogens (primary N) is 1. The minimum absolute atomic E-state index is 0.0555. The average molecular weight is 371 g/mol. The zero-order valence-electron chi connectivity index (χ0n) is 14.2. The normalized spacial score (nSPS) is 15.7. The summed E-state index contributed by atoms with van der Waals surface area (Å²) in [6.45, 7) is 3.76. The van der Waals surface area contributed by atoms with Crippen molar-refractivity contribution in [1.29, 1.82) is 0 Å². The largest absolute Gasteiger partial charge is 0.480 e. The van der Waals surface area contributed by atoms with E-state index in [0.717, 1.165) is 0 Å². The number of amides is 2. The molecule has 9 nitrogen and oxygen atoms in total. The molecule has 0 saturated heterocycles. The maximum Gasteiger partial charge on any atom is 0.327 e. The molecule has 1 rings (SSSR count). The first-order chi connectivity index (χ1) is 11.8. The number of carbonyl (C=O) groups excluding carboxylic acids is 2. The highest BCUT2D eigenvalue weighted by Gasteiger charge is 2.29. The lowest BCUT2D eigenvalue weighted by molar-refractivity contribution is -0.141. The van der Waals surface area contributed by atoms with Crippen molar-refractivity contribution < 1.29 is 19.5 Å². The minimum atomic E-state index is -1.20. The number of carboxylic acid groups (broad SMARTS) is 1. The number of aromatic nitrogens is 2. The Morgan fingerprint density at radius 1 is 1.32 bits per heavy atom. The third kappa shape index (κ3) is 6.39. The van der Waals surface area contributed by atoms with E-state index in [0.29, 0.717) is 12.1 Å². The van der Waals surface area contributed by atoms with Crippen LogP contribution < -0.4 is 16.4 Å². The van der Waals surface area contributed by atoms with Gasteiger partial charge in [0.25, 0.3) is 0 Å². The Labute approximate surface area is 151 Å². The van der Waals surface area contributed by atoms with E-state index in [1.807, 2.05) is 13.8 Å². The van der Waals surface area contributed by atoms with Crippen LogP contribution in [-0.4, -0.2) is 56.7 Å². The van der Waals surface area contributed by atoms with Gasteiger partial charge in [-0.3, -0.25) is 9.59 Å². The van der Waals surface area contributed by atoms with Crippen LogP contribution in [0, 0.1) is 5.92 Å². The summed E-state index contributed by atoms with van der Waals surface area (Å²) in [5.41, 5.74) is 6.52. The molecule has 140 valence electrons. The fraction of sp³-hybridized carbons (Fsp3) is 0.600. The molecule has 25 heavy (non-hydrogen) atoms. The van der Waals surface area contributed by atoms with Crippen molar-refractivity contribution >= 4 is 30.4 Å². The lowest BCUT2D eigenvalue weighted by Crippen LogP contribution is -2.56. The first kappa shape index (κ1) is 21.0. The van der Waals surface area contributed by atoms with Crippen molar-refractivity contribution in [2.75, 3.05) is 5.75 Å². The maximum absolute atomic E-state index is 12.4. The van der Waals surface area contributed by atoms with Crippen LogP contribution >= 0.6 is 12.6 Å². The van der Waals surface area contributed by atoms with Gasteiger partial charge in [0.15, 0.2) is 0 Å². The van der Waals surface area contributed by atoms with E-state index >= 15 is 0 Å². The molecule has 1 aromatic heterocycles. The number of rotatable bonds is 10. The zero-order chi connectivity index (χ0) is 19.0. The Kier molecular flexibility index (Phi) is 8.42. The highest BCUT2D eigenvalue weighted by atomic mass is 32.1. The lowest BCUT2D eigenvalue weighted by Gasteiger charge is -2.24. The predicted octanol–water partition coefficient (Wildman–Crippen LogP) is -0.690. The van der Waals surface area contributed by atoms with Gasteiger partial charge >= 0.3 is 5.97 Å². The smallest absolute Gasteiger partial charge is 0.327 e. The van der Waals surface area contributed by atoms with Gasteiger partial charge in [0, 0.05) is 24.1 Å². The lowest BCUT2D eigenvalue weighted by atomic mass is 9.98. The summed E-state index contributed by atoms with van der Waals surface area (Å²) in [5, 5.41) is 14.0. The number of aromatic amines is 1. The third-order valence-corrected chi connectivity index (χ3v) is 4.33. The first-order valence-corrected chi connectivity index (χ1v) is 8.60. The van der Waals surface area contributed by atoms with E-state index in [1.165, 1.54) is 12.5 Å². The van der Waals surface area contributed by atoms with Gasteiger partial charge in [-0.25, -0.2) is 9.78 Å². The molecule has 6 N–H and O–H groups in total. The number of H-pyrrole nitrogens is 1. The van der Waals surface area contributed by atoms with Gasteiger partial charge in [-0.15, -0.1) is 0 Å². The standard InChI is InChI=1S/C15H25N5O4S/c1-3-8(2)12(16)14(22)19-10(4-9-5-17-7-18-9)13(21)20-11(6-25)15(23)24/h5,7-8,10-12,25H,3-4,6,16H2,1-2H3,(H,17,18)(H,19,22)(H,20,21)(H,23,24). The molecular weight excluding hydrogens is 346 g/mol. The van der Waals surface area contributed by atoms with Crippen molar-refractivity contribution in [3.05, 3.63) is 18.2 Å². The Morgan fingerprint density at radius 3 is 2.44 bits per heavy atom.